The zero-order valence-electron chi connectivity index (χ0n) is 5.18. The summed E-state index contributed by atoms with van der Waals surface area (Å²) in [5.41, 5.74) is 0.848. The lowest BCUT2D eigenvalue weighted by Gasteiger charge is -2.15. The van der Waals surface area contributed by atoms with Gasteiger partial charge < -0.3 is 5.21 Å². The first-order valence-electron chi connectivity index (χ1n) is 3.17. The highest BCUT2D eigenvalue weighted by Crippen LogP contribution is 2.20. The van der Waals surface area contributed by atoms with Crippen molar-refractivity contribution in [3.05, 3.63) is 0 Å². The minimum atomic E-state index is 0.199. The lowest BCUT2D eigenvalue weighted by molar-refractivity contribution is 0.314. The van der Waals surface area contributed by atoms with Crippen LogP contribution in [0.3, 0.4) is 0 Å². The van der Waals surface area contributed by atoms with E-state index in [0.717, 1.165) is 31.4 Å². The van der Waals surface area contributed by atoms with E-state index in [-0.39, 0.29) is 5.38 Å². The standard InChI is InChI=1S/C6H10ClNO/c7-5-2-1-3-6(4-5)8-9/h5,9H,1-4H2/b8-6-. The molecule has 0 saturated heterocycles. The normalized spacial score (nSPS) is 33.0. The van der Waals surface area contributed by atoms with E-state index in [1.54, 1.807) is 0 Å². The Morgan fingerprint density at radius 2 is 2.44 bits per heavy atom. The minimum Gasteiger partial charge on any atom is -0.411 e. The lowest BCUT2D eigenvalue weighted by Crippen LogP contribution is -2.14. The Labute approximate surface area is 59.5 Å². The fraction of sp³-hybridized carbons (Fsp3) is 0.833. The first-order valence-corrected chi connectivity index (χ1v) is 3.60. The van der Waals surface area contributed by atoms with Gasteiger partial charge in [-0.05, 0) is 19.3 Å². The van der Waals surface area contributed by atoms with E-state index in [4.69, 9.17) is 16.8 Å². The van der Waals surface area contributed by atoms with Gasteiger partial charge in [-0.1, -0.05) is 5.16 Å². The van der Waals surface area contributed by atoms with Crippen LogP contribution in [0.15, 0.2) is 5.16 Å². The quantitative estimate of drug-likeness (QED) is 0.317. The predicted molar refractivity (Wildman–Crippen MR) is 37.3 cm³/mol. The van der Waals surface area contributed by atoms with Crippen molar-refractivity contribution in [3.63, 3.8) is 0 Å². The molecule has 2 nitrogen and oxygen atoms in total. The molecule has 1 atom stereocenters. The molecule has 52 valence electrons. The van der Waals surface area contributed by atoms with E-state index in [9.17, 15) is 0 Å². The molecule has 1 rings (SSSR count). The first kappa shape index (κ1) is 6.87. The summed E-state index contributed by atoms with van der Waals surface area (Å²) in [6.45, 7) is 0. The van der Waals surface area contributed by atoms with Crippen LogP contribution < -0.4 is 0 Å². The van der Waals surface area contributed by atoms with Crippen LogP contribution in [0.5, 0.6) is 0 Å². The molecule has 0 aliphatic heterocycles. The Morgan fingerprint density at radius 1 is 1.67 bits per heavy atom. The zero-order valence-corrected chi connectivity index (χ0v) is 5.93. The van der Waals surface area contributed by atoms with Gasteiger partial charge >= 0.3 is 0 Å². The summed E-state index contributed by atoms with van der Waals surface area (Å²) in [6.07, 6.45) is 3.80. The molecule has 0 aromatic heterocycles. The van der Waals surface area contributed by atoms with Crippen LogP contribution in [0.25, 0.3) is 0 Å². The van der Waals surface area contributed by atoms with Gasteiger partial charge in [0, 0.05) is 11.8 Å². The molecule has 0 heterocycles. The van der Waals surface area contributed by atoms with Gasteiger partial charge in [0.25, 0.3) is 0 Å². The first-order chi connectivity index (χ1) is 4.33. The summed E-state index contributed by atoms with van der Waals surface area (Å²) in [6, 6.07) is 0. The van der Waals surface area contributed by atoms with Crippen molar-refractivity contribution in [2.45, 2.75) is 31.1 Å². The van der Waals surface area contributed by atoms with Gasteiger partial charge in [0.2, 0.25) is 0 Å². The van der Waals surface area contributed by atoms with Crippen LogP contribution >= 0.6 is 11.6 Å². The van der Waals surface area contributed by atoms with Gasteiger partial charge in [0.1, 0.15) is 0 Å². The second-order valence-corrected chi connectivity index (χ2v) is 2.98. The van der Waals surface area contributed by atoms with Crippen molar-refractivity contribution in [1.82, 2.24) is 0 Å². The van der Waals surface area contributed by atoms with Crippen LogP contribution in [0.1, 0.15) is 25.7 Å². The van der Waals surface area contributed by atoms with E-state index in [2.05, 4.69) is 5.16 Å². The third-order valence-corrected chi connectivity index (χ3v) is 1.95. The van der Waals surface area contributed by atoms with E-state index >= 15 is 0 Å². The highest BCUT2D eigenvalue weighted by molar-refractivity contribution is 6.22. The van der Waals surface area contributed by atoms with Crippen molar-refractivity contribution < 1.29 is 5.21 Å². The molecule has 3 heteroatoms. The Bertz CT molecular complexity index is 124. The molecular formula is C6H10ClNO. The van der Waals surface area contributed by atoms with Crippen molar-refractivity contribution in [1.29, 1.82) is 0 Å². The summed E-state index contributed by atoms with van der Waals surface area (Å²) in [7, 11) is 0. The second-order valence-electron chi connectivity index (χ2n) is 2.36. The van der Waals surface area contributed by atoms with Crippen LogP contribution in [0, 0.1) is 0 Å². The number of halogens is 1. The van der Waals surface area contributed by atoms with Crippen LogP contribution in [-0.4, -0.2) is 16.3 Å². The molecule has 1 unspecified atom stereocenters. The fourth-order valence-electron chi connectivity index (χ4n) is 1.08. The second kappa shape index (κ2) is 3.06. The van der Waals surface area contributed by atoms with E-state index in [1.807, 2.05) is 0 Å². The Morgan fingerprint density at radius 3 is 2.89 bits per heavy atom. The Kier molecular flexibility index (Phi) is 2.34. The molecule has 0 aromatic carbocycles. The SMILES string of the molecule is O/N=C1/CCCC(Cl)C1. The summed E-state index contributed by atoms with van der Waals surface area (Å²) < 4.78 is 0. The molecule has 1 N–H and O–H groups in total. The molecular weight excluding hydrogens is 138 g/mol. The largest absolute Gasteiger partial charge is 0.411 e. The number of nitrogens with zero attached hydrogens (tertiary/aromatic N) is 1. The monoisotopic (exact) mass is 147 g/mol. The molecule has 1 fully saturated rings. The zero-order chi connectivity index (χ0) is 6.69. The number of hydrogen-bond acceptors (Lipinski definition) is 2. The van der Waals surface area contributed by atoms with Gasteiger partial charge in [-0.2, -0.15) is 0 Å². The van der Waals surface area contributed by atoms with Gasteiger partial charge in [-0.3, -0.25) is 0 Å². The van der Waals surface area contributed by atoms with E-state index < -0.39 is 0 Å². The third kappa shape index (κ3) is 1.86. The summed E-state index contributed by atoms with van der Waals surface area (Å²) >= 11 is 5.80. The van der Waals surface area contributed by atoms with E-state index in [1.165, 1.54) is 0 Å². The molecule has 0 amide bonds. The third-order valence-electron chi connectivity index (χ3n) is 1.58. The fourth-order valence-corrected chi connectivity index (χ4v) is 1.41. The molecule has 1 aliphatic carbocycles. The molecule has 0 bridgehead atoms. The molecule has 1 aliphatic rings. The van der Waals surface area contributed by atoms with Gasteiger partial charge in [-0.15, -0.1) is 11.6 Å². The highest BCUT2D eigenvalue weighted by Gasteiger charge is 2.15. The molecule has 0 spiro atoms. The summed E-state index contributed by atoms with van der Waals surface area (Å²) in [5, 5.41) is 11.7. The molecule has 0 aromatic rings. The highest BCUT2D eigenvalue weighted by atomic mass is 35.5. The van der Waals surface area contributed by atoms with Gasteiger partial charge in [0.15, 0.2) is 0 Å². The van der Waals surface area contributed by atoms with Gasteiger partial charge in [-0.25, -0.2) is 0 Å². The van der Waals surface area contributed by atoms with Crippen LogP contribution in [0.4, 0.5) is 0 Å². The number of oxime groups is 1. The van der Waals surface area contributed by atoms with Crippen molar-refractivity contribution in [3.8, 4) is 0 Å². The average Bonchev–Trinajstić information content (AvgIpc) is 1.88. The molecule has 0 radical (unpaired) electrons. The predicted octanol–water partition coefficient (Wildman–Crippen LogP) is 2.00. The number of hydrogen-bond donors (Lipinski definition) is 1. The van der Waals surface area contributed by atoms with Gasteiger partial charge in [0.05, 0.1) is 5.71 Å². The summed E-state index contributed by atoms with van der Waals surface area (Å²) in [4.78, 5) is 0. The maximum Gasteiger partial charge on any atom is 0.0585 e. The van der Waals surface area contributed by atoms with Crippen molar-refractivity contribution >= 4 is 17.3 Å². The average molecular weight is 148 g/mol. The Balaban J connectivity index is 2.41. The Hall–Kier alpha value is -0.240. The van der Waals surface area contributed by atoms with Crippen molar-refractivity contribution in [2.24, 2.45) is 5.16 Å². The molecule has 1 saturated carbocycles. The van der Waals surface area contributed by atoms with Crippen LogP contribution in [-0.2, 0) is 0 Å². The number of rotatable bonds is 0. The smallest absolute Gasteiger partial charge is 0.0585 e. The van der Waals surface area contributed by atoms with Crippen LogP contribution in [0.2, 0.25) is 0 Å². The molecule has 9 heavy (non-hydrogen) atoms. The number of alkyl halides is 1. The maximum atomic E-state index is 8.34. The minimum absolute atomic E-state index is 0.199. The van der Waals surface area contributed by atoms with Crippen molar-refractivity contribution in [2.75, 3.05) is 0 Å². The lowest BCUT2D eigenvalue weighted by atomic mass is 9.98. The van der Waals surface area contributed by atoms with E-state index in [0.29, 0.717) is 0 Å². The summed E-state index contributed by atoms with van der Waals surface area (Å²) in [5.74, 6) is 0. The maximum absolute atomic E-state index is 8.34. The topological polar surface area (TPSA) is 32.6 Å².